The average Bonchev–Trinajstić information content (AvgIpc) is 2.36. The van der Waals surface area contributed by atoms with Crippen molar-refractivity contribution in [3.8, 4) is 0 Å². The number of benzene rings is 1. The zero-order valence-corrected chi connectivity index (χ0v) is 11.1. The third kappa shape index (κ3) is 3.67. The Bertz CT molecular complexity index is 393. The molecule has 1 fully saturated rings. The van der Waals surface area contributed by atoms with Crippen molar-refractivity contribution in [1.82, 2.24) is 0 Å². The molecule has 0 amide bonds. The molecule has 1 unspecified atom stereocenters. The Labute approximate surface area is 112 Å². The van der Waals surface area contributed by atoms with Gasteiger partial charge in [-0.15, -0.1) is 0 Å². The van der Waals surface area contributed by atoms with Gasteiger partial charge in [0.25, 0.3) is 0 Å². The summed E-state index contributed by atoms with van der Waals surface area (Å²) in [5.41, 5.74) is 6.72. The molecule has 1 heterocycles. The highest BCUT2D eigenvalue weighted by Crippen LogP contribution is 2.23. The van der Waals surface area contributed by atoms with Gasteiger partial charge in [0.2, 0.25) is 0 Å². The Balaban J connectivity index is 1.90. The van der Waals surface area contributed by atoms with E-state index in [1.165, 1.54) is 0 Å². The Kier molecular flexibility index (Phi) is 4.98. The van der Waals surface area contributed by atoms with Crippen LogP contribution in [-0.2, 0) is 11.2 Å². The summed E-state index contributed by atoms with van der Waals surface area (Å²) in [5.74, 6) is 0.276. The van der Waals surface area contributed by atoms with Crippen LogP contribution in [0.3, 0.4) is 0 Å². The van der Waals surface area contributed by atoms with Crippen molar-refractivity contribution in [2.24, 2.45) is 11.7 Å². The van der Waals surface area contributed by atoms with Gasteiger partial charge in [-0.1, -0.05) is 23.7 Å². The van der Waals surface area contributed by atoms with Crippen LogP contribution >= 0.6 is 11.6 Å². The zero-order chi connectivity index (χ0) is 13.0. The fourth-order valence-corrected chi connectivity index (χ4v) is 2.68. The van der Waals surface area contributed by atoms with Crippen molar-refractivity contribution >= 4 is 11.6 Å². The van der Waals surface area contributed by atoms with Gasteiger partial charge in [-0.25, -0.2) is 4.39 Å². The molecule has 2 nitrogen and oxygen atoms in total. The molecule has 0 spiro atoms. The van der Waals surface area contributed by atoms with Gasteiger partial charge in [-0.2, -0.15) is 0 Å². The number of hydrogen-bond donors (Lipinski definition) is 1. The van der Waals surface area contributed by atoms with Crippen molar-refractivity contribution in [1.29, 1.82) is 0 Å². The smallest absolute Gasteiger partial charge is 0.145 e. The molecule has 18 heavy (non-hydrogen) atoms. The normalized spacial score (nSPS) is 18.8. The summed E-state index contributed by atoms with van der Waals surface area (Å²) in [6.45, 7) is 1.64. The molecule has 0 aliphatic carbocycles. The highest BCUT2D eigenvalue weighted by Gasteiger charge is 2.18. The average molecular weight is 272 g/mol. The maximum absolute atomic E-state index is 13.7. The molecule has 100 valence electrons. The quantitative estimate of drug-likeness (QED) is 0.913. The summed E-state index contributed by atoms with van der Waals surface area (Å²) < 4.78 is 19.0. The molecule has 4 heteroatoms. The minimum Gasteiger partial charge on any atom is -0.381 e. The van der Waals surface area contributed by atoms with Gasteiger partial charge in [0, 0.05) is 19.3 Å². The molecule has 0 saturated carbocycles. The Morgan fingerprint density at radius 3 is 2.83 bits per heavy atom. The summed E-state index contributed by atoms with van der Waals surface area (Å²) in [6, 6.07) is 5.07. The predicted octanol–water partition coefficient (Wildman–Crippen LogP) is 3.17. The lowest BCUT2D eigenvalue weighted by Crippen LogP contribution is -2.29. The van der Waals surface area contributed by atoms with Gasteiger partial charge in [0.05, 0.1) is 5.02 Å². The molecule has 1 aliphatic rings. The Morgan fingerprint density at radius 2 is 2.11 bits per heavy atom. The molecule has 0 bridgehead atoms. The lowest BCUT2D eigenvalue weighted by Gasteiger charge is -2.24. The van der Waals surface area contributed by atoms with Crippen molar-refractivity contribution < 1.29 is 9.13 Å². The van der Waals surface area contributed by atoms with Crippen LogP contribution in [0, 0.1) is 11.7 Å². The van der Waals surface area contributed by atoms with E-state index in [1.807, 2.05) is 0 Å². The van der Waals surface area contributed by atoms with E-state index in [0.29, 0.717) is 17.9 Å². The standard InChI is InChI=1S/C14H19ClFNO/c15-13-3-1-2-11(14(13)16)9-12(17)8-10-4-6-18-7-5-10/h1-3,10,12H,4-9,17H2. The summed E-state index contributed by atoms with van der Waals surface area (Å²) in [4.78, 5) is 0. The molecule has 1 atom stereocenters. The van der Waals surface area contributed by atoms with Gasteiger partial charge in [0.1, 0.15) is 5.82 Å². The van der Waals surface area contributed by atoms with Crippen LogP contribution in [0.25, 0.3) is 0 Å². The van der Waals surface area contributed by atoms with Gasteiger partial charge >= 0.3 is 0 Å². The van der Waals surface area contributed by atoms with Crippen LogP contribution in [0.15, 0.2) is 18.2 Å². The SMILES string of the molecule is NC(Cc1cccc(Cl)c1F)CC1CCOCC1. The molecule has 2 rings (SSSR count). The first kappa shape index (κ1) is 13.8. The van der Waals surface area contributed by atoms with E-state index in [9.17, 15) is 4.39 Å². The highest BCUT2D eigenvalue weighted by molar-refractivity contribution is 6.30. The Morgan fingerprint density at radius 1 is 1.39 bits per heavy atom. The van der Waals surface area contributed by atoms with Crippen LogP contribution < -0.4 is 5.73 Å². The lowest BCUT2D eigenvalue weighted by molar-refractivity contribution is 0.0618. The highest BCUT2D eigenvalue weighted by atomic mass is 35.5. The second-order valence-electron chi connectivity index (χ2n) is 4.97. The fourth-order valence-electron chi connectivity index (χ4n) is 2.48. The molecular weight excluding hydrogens is 253 g/mol. The van der Waals surface area contributed by atoms with Gasteiger partial charge in [-0.05, 0) is 43.2 Å². The number of hydrogen-bond acceptors (Lipinski definition) is 2. The molecule has 1 aromatic rings. The molecule has 0 aromatic heterocycles. The molecule has 2 N–H and O–H groups in total. The third-order valence-corrected chi connectivity index (χ3v) is 3.78. The van der Waals surface area contributed by atoms with Crippen LogP contribution in [0.4, 0.5) is 4.39 Å². The first-order valence-electron chi connectivity index (χ1n) is 6.43. The van der Waals surface area contributed by atoms with E-state index < -0.39 is 0 Å². The number of ether oxygens (including phenoxy) is 1. The van der Waals surface area contributed by atoms with Gasteiger partial charge in [0.15, 0.2) is 0 Å². The zero-order valence-electron chi connectivity index (χ0n) is 10.4. The minimum absolute atomic E-state index is 0.0129. The van der Waals surface area contributed by atoms with Crippen LogP contribution in [0.5, 0.6) is 0 Å². The molecule has 1 saturated heterocycles. The largest absolute Gasteiger partial charge is 0.381 e. The second kappa shape index (κ2) is 6.50. The number of nitrogens with two attached hydrogens (primary N) is 1. The topological polar surface area (TPSA) is 35.2 Å². The maximum Gasteiger partial charge on any atom is 0.145 e. The second-order valence-corrected chi connectivity index (χ2v) is 5.38. The molecule has 1 aliphatic heterocycles. The summed E-state index contributed by atoms with van der Waals surface area (Å²) in [7, 11) is 0. The summed E-state index contributed by atoms with van der Waals surface area (Å²) >= 11 is 5.76. The minimum atomic E-state index is -0.332. The predicted molar refractivity (Wildman–Crippen MR) is 71.2 cm³/mol. The Hall–Kier alpha value is -0.640. The number of halogens is 2. The van der Waals surface area contributed by atoms with E-state index in [-0.39, 0.29) is 16.9 Å². The van der Waals surface area contributed by atoms with Crippen LogP contribution in [0.2, 0.25) is 5.02 Å². The van der Waals surface area contributed by atoms with Crippen LogP contribution in [-0.4, -0.2) is 19.3 Å². The van der Waals surface area contributed by atoms with Crippen molar-refractivity contribution in [3.05, 3.63) is 34.6 Å². The van der Waals surface area contributed by atoms with E-state index in [0.717, 1.165) is 32.5 Å². The molecule has 0 radical (unpaired) electrons. The van der Waals surface area contributed by atoms with E-state index in [2.05, 4.69) is 0 Å². The van der Waals surface area contributed by atoms with Crippen molar-refractivity contribution in [2.45, 2.75) is 31.7 Å². The number of rotatable bonds is 4. The van der Waals surface area contributed by atoms with E-state index in [4.69, 9.17) is 22.1 Å². The van der Waals surface area contributed by atoms with Crippen molar-refractivity contribution in [2.75, 3.05) is 13.2 Å². The monoisotopic (exact) mass is 271 g/mol. The maximum atomic E-state index is 13.7. The van der Waals surface area contributed by atoms with E-state index >= 15 is 0 Å². The fraction of sp³-hybridized carbons (Fsp3) is 0.571. The van der Waals surface area contributed by atoms with Gasteiger partial charge < -0.3 is 10.5 Å². The third-order valence-electron chi connectivity index (χ3n) is 3.49. The lowest BCUT2D eigenvalue weighted by atomic mass is 9.90. The van der Waals surface area contributed by atoms with Gasteiger partial charge in [-0.3, -0.25) is 0 Å². The first-order valence-corrected chi connectivity index (χ1v) is 6.81. The summed E-state index contributed by atoms with van der Waals surface area (Å²) in [6.07, 6.45) is 3.59. The van der Waals surface area contributed by atoms with Crippen molar-refractivity contribution in [3.63, 3.8) is 0 Å². The van der Waals surface area contributed by atoms with Crippen LogP contribution in [0.1, 0.15) is 24.8 Å². The molecular formula is C14H19ClFNO. The molecule has 1 aromatic carbocycles. The van der Waals surface area contributed by atoms with E-state index in [1.54, 1.807) is 18.2 Å². The first-order chi connectivity index (χ1) is 8.66. The summed E-state index contributed by atoms with van der Waals surface area (Å²) in [5, 5.41) is 0.172.